The van der Waals surface area contributed by atoms with Crippen LogP contribution in [0.1, 0.15) is 18.4 Å². The number of aromatic nitrogens is 6. The topological polar surface area (TPSA) is 87.6 Å². The van der Waals surface area contributed by atoms with Crippen LogP contribution in [0.3, 0.4) is 0 Å². The van der Waals surface area contributed by atoms with Gasteiger partial charge in [0.05, 0.1) is 18.6 Å². The van der Waals surface area contributed by atoms with Crippen molar-refractivity contribution < 1.29 is 0 Å². The number of hydrogen-bond donors (Lipinski definition) is 0. The summed E-state index contributed by atoms with van der Waals surface area (Å²) in [5.41, 5.74) is 1.38. The molecule has 1 aromatic carbocycles. The van der Waals surface area contributed by atoms with E-state index in [1.54, 1.807) is 18.5 Å². The Labute approximate surface area is 174 Å². The van der Waals surface area contributed by atoms with Crippen molar-refractivity contribution >= 4 is 38.0 Å². The minimum Gasteiger partial charge on any atom is -0.305 e. The van der Waals surface area contributed by atoms with Crippen molar-refractivity contribution in [1.82, 2.24) is 28.7 Å². The van der Waals surface area contributed by atoms with E-state index in [0.29, 0.717) is 21.7 Å². The van der Waals surface area contributed by atoms with Crippen molar-refractivity contribution in [3.05, 3.63) is 61.4 Å². The van der Waals surface area contributed by atoms with Crippen molar-refractivity contribution in [1.29, 1.82) is 0 Å². The maximum absolute atomic E-state index is 13.1. The zero-order valence-electron chi connectivity index (χ0n) is 16.1. The van der Waals surface area contributed by atoms with Gasteiger partial charge in [0.25, 0.3) is 5.56 Å². The second kappa shape index (κ2) is 7.29. The largest absolute Gasteiger partial charge is 0.333 e. The number of para-hydroxylation sites is 1. The van der Waals surface area contributed by atoms with Crippen molar-refractivity contribution in [2.75, 3.05) is 0 Å². The van der Waals surface area contributed by atoms with E-state index in [1.165, 1.54) is 4.57 Å². The Hall–Kier alpha value is -3.25. The first-order chi connectivity index (χ1) is 13.9. The number of imidazole rings is 1. The summed E-state index contributed by atoms with van der Waals surface area (Å²) in [5, 5.41) is 0.980. The van der Waals surface area contributed by atoms with Crippen molar-refractivity contribution in [2.45, 2.75) is 26.9 Å². The highest BCUT2D eigenvalue weighted by atomic mass is 79.9. The lowest BCUT2D eigenvalue weighted by atomic mass is 10.2. The van der Waals surface area contributed by atoms with Gasteiger partial charge in [-0.25, -0.2) is 24.3 Å². The van der Waals surface area contributed by atoms with Gasteiger partial charge >= 0.3 is 5.69 Å². The Morgan fingerprint density at radius 3 is 2.62 bits per heavy atom. The summed E-state index contributed by atoms with van der Waals surface area (Å²) in [5.74, 6) is 6.04. The number of hydrogen-bond acceptors (Lipinski definition) is 5. The number of aryl methyl sites for hydroxylation is 2. The van der Waals surface area contributed by atoms with E-state index < -0.39 is 11.2 Å². The van der Waals surface area contributed by atoms with Crippen LogP contribution in [0.15, 0.2) is 38.6 Å². The predicted octanol–water partition coefficient (Wildman–Crippen LogP) is 1.98. The number of halogens is 1. The third kappa shape index (κ3) is 3.15. The second-order valence-corrected chi connectivity index (χ2v) is 7.25. The first-order valence-corrected chi connectivity index (χ1v) is 9.69. The SMILES string of the molecule is CC#CCn1c(=O)c2c(nc(Br)n2Cc2nc(C)c3ccccc3n2)n(C)c1=O. The van der Waals surface area contributed by atoms with Crippen molar-refractivity contribution in [3.8, 4) is 11.8 Å². The fourth-order valence-corrected chi connectivity index (χ4v) is 3.76. The fraction of sp³-hybridized carbons (Fsp3) is 0.250. The molecule has 0 spiro atoms. The number of nitrogens with zero attached hydrogens (tertiary/aromatic N) is 6. The molecule has 0 bridgehead atoms. The molecule has 3 aromatic heterocycles. The van der Waals surface area contributed by atoms with Crippen LogP contribution in [-0.2, 0) is 20.1 Å². The van der Waals surface area contributed by atoms with Gasteiger partial charge in [-0.05, 0) is 35.8 Å². The van der Waals surface area contributed by atoms with Crippen LogP contribution in [0.2, 0.25) is 0 Å². The molecule has 0 unspecified atom stereocenters. The van der Waals surface area contributed by atoms with Gasteiger partial charge in [-0.2, -0.15) is 0 Å². The molecular weight excluding hydrogens is 436 g/mol. The quantitative estimate of drug-likeness (QED) is 0.350. The third-order valence-electron chi connectivity index (χ3n) is 4.74. The highest BCUT2D eigenvalue weighted by Gasteiger charge is 2.20. The van der Waals surface area contributed by atoms with Crippen molar-refractivity contribution in [2.24, 2.45) is 7.05 Å². The predicted molar refractivity (Wildman–Crippen MR) is 114 cm³/mol. The maximum Gasteiger partial charge on any atom is 0.333 e. The average Bonchev–Trinajstić information content (AvgIpc) is 3.03. The highest BCUT2D eigenvalue weighted by molar-refractivity contribution is 9.10. The average molecular weight is 453 g/mol. The lowest BCUT2D eigenvalue weighted by Gasteiger charge is -2.09. The summed E-state index contributed by atoms with van der Waals surface area (Å²) in [6.45, 7) is 3.84. The maximum atomic E-state index is 13.1. The van der Waals surface area contributed by atoms with E-state index in [0.717, 1.165) is 21.2 Å². The van der Waals surface area contributed by atoms with Gasteiger partial charge in [0.2, 0.25) is 0 Å². The minimum atomic E-state index is -0.458. The molecule has 0 amide bonds. The Morgan fingerprint density at radius 2 is 1.86 bits per heavy atom. The first kappa shape index (κ1) is 19.1. The molecule has 3 heterocycles. The molecule has 0 saturated heterocycles. The summed E-state index contributed by atoms with van der Waals surface area (Å²) >= 11 is 3.41. The Morgan fingerprint density at radius 1 is 1.10 bits per heavy atom. The molecule has 0 N–H and O–H groups in total. The fourth-order valence-electron chi connectivity index (χ4n) is 3.29. The Balaban J connectivity index is 1.93. The molecule has 0 aliphatic rings. The molecule has 9 heteroatoms. The summed E-state index contributed by atoms with van der Waals surface area (Å²) in [6, 6.07) is 7.76. The number of fused-ring (bicyclic) bond motifs is 2. The van der Waals surface area contributed by atoms with Gasteiger partial charge in [-0.3, -0.25) is 9.36 Å². The van der Waals surface area contributed by atoms with Crippen LogP contribution in [0, 0.1) is 18.8 Å². The van der Waals surface area contributed by atoms with Gasteiger partial charge in [0.15, 0.2) is 15.9 Å². The van der Waals surface area contributed by atoms with Crippen LogP contribution in [-0.4, -0.2) is 28.7 Å². The molecule has 8 nitrogen and oxygen atoms in total. The van der Waals surface area contributed by atoms with E-state index in [4.69, 9.17) is 0 Å². The molecule has 4 aromatic rings. The van der Waals surface area contributed by atoms with Gasteiger partial charge in [-0.1, -0.05) is 24.1 Å². The van der Waals surface area contributed by atoms with E-state index in [9.17, 15) is 9.59 Å². The van der Waals surface area contributed by atoms with E-state index >= 15 is 0 Å². The molecule has 0 fully saturated rings. The smallest absolute Gasteiger partial charge is 0.305 e. The van der Waals surface area contributed by atoms with Crippen LogP contribution >= 0.6 is 15.9 Å². The molecule has 0 aliphatic heterocycles. The van der Waals surface area contributed by atoms with Crippen molar-refractivity contribution in [3.63, 3.8) is 0 Å². The van der Waals surface area contributed by atoms with Crippen LogP contribution < -0.4 is 11.2 Å². The second-order valence-electron chi connectivity index (χ2n) is 6.54. The van der Waals surface area contributed by atoms with E-state index in [-0.39, 0.29) is 13.1 Å². The van der Waals surface area contributed by atoms with Crippen LogP contribution in [0.5, 0.6) is 0 Å². The zero-order valence-corrected chi connectivity index (χ0v) is 17.7. The highest BCUT2D eigenvalue weighted by Crippen LogP contribution is 2.19. The Kier molecular flexibility index (Phi) is 4.80. The standard InChI is InChI=1S/C20H17BrN6O2/c1-4-5-10-26-18(28)16-17(25(3)20(26)29)24-19(21)27(16)11-15-22-12(2)13-8-6-7-9-14(13)23-15/h6-9H,10-11H2,1-3H3. The first-order valence-electron chi connectivity index (χ1n) is 8.89. The number of benzene rings is 1. The molecule has 29 heavy (non-hydrogen) atoms. The van der Waals surface area contributed by atoms with Gasteiger partial charge in [-0.15, -0.1) is 5.92 Å². The molecule has 0 aliphatic carbocycles. The molecule has 0 radical (unpaired) electrons. The van der Waals surface area contributed by atoms with Gasteiger partial charge < -0.3 is 4.57 Å². The van der Waals surface area contributed by atoms with Crippen LogP contribution in [0.25, 0.3) is 22.1 Å². The van der Waals surface area contributed by atoms with Crippen LogP contribution in [0.4, 0.5) is 0 Å². The lowest BCUT2D eigenvalue weighted by Crippen LogP contribution is -2.39. The molecule has 0 saturated carbocycles. The minimum absolute atomic E-state index is 0.0202. The monoisotopic (exact) mass is 452 g/mol. The normalized spacial score (nSPS) is 11.0. The van der Waals surface area contributed by atoms with E-state index in [1.807, 2.05) is 31.2 Å². The molecular formula is C20H17BrN6O2. The molecule has 4 rings (SSSR count). The number of rotatable bonds is 3. The Bertz CT molecular complexity index is 1450. The summed E-state index contributed by atoms with van der Waals surface area (Å²) in [4.78, 5) is 39.2. The summed E-state index contributed by atoms with van der Waals surface area (Å²) in [6.07, 6.45) is 0. The third-order valence-corrected chi connectivity index (χ3v) is 5.34. The summed E-state index contributed by atoms with van der Waals surface area (Å²) in [7, 11) is 1.58. The van der Waals surface area contributed by atoms with Gasteiger partial charge in [0, 0.05) is 18.1 Å². The lowest BCUT2D eigenvalue weighted by molar-refractivity contribution is 0.668. The van der Waals surface area contributed by atoms with Gasteiger partial charge in [0.1, 0.15) is 5.82 Å². The molecule has 0 atom stereocenters. The molecule has 146 valence electrons. The summed E-state index contributed by atoms with van der Waals surface area (Å²) < 4.78 is 4.56. The zero-order chi connectivity index (χ0) is 20.7. The van der Waals surface area contributed by atoms with E-state index in [2.05, 4.69) is 42.7 Å².